The standard InChI is InChI=1S/C13H15N5O4/c1-3-4-21-9-5-11(22-10(9)6-15-17-14)18-7-8(2)12(19)16-13(18)20/h1,7,9-11H,4-6H2,2H3,(H,16,19,20)/t9-,10+,11+/m0/s1. The van der Waals surface area contributed by atoms with Gasteiger partial charge in [0.15, 0.2) is 0 Å². The predicted octanol–water partition coefficient (Wildman–Crippen LogP) is 0.461. The summed E-state index contributed by atoms with van der Waals surface area (Å²) in [6, 6.07) is 0. The Bertz CT molecular complexity index is 740. The van der Waals surface area contributed by atoms with E-state index in [1.165, 1.54) is 10.8 Å². The van der Waals surface area contributed by atoms with Crippen LogP contribution >= 0.6 is 0 Å². The monoisotopic (exact) mass is 305 g/mol. The first-order chi connectivity index (χ1) is 10.6. The third kappa shape index (κ3) is 3.38. The van der Waals surface area contributed by atoms with Gasteiger partial charge in [-0.05, 0) is 12.5 Å². The molecule has 2 heterocycles. The fraction of sp³-hybridized carbons (Fsp3) is 0.538. The van der Waals surface area contributed by atoms with Crippen LogP contribution in [0.25, 0.3) is 10.4 Å². The first-order valence-corrected chi connectivity index (χ1v) is 6.60. The number of terminal acetylenes is 1. The highest BCUT2D eigenvalue weighted by Crippen LogP contribution is 2.30. The molecule has 9 heteroatoms. The summed E-state index contributed by atoms with van der Waals surface area (Å²) in [5.74, 6) is 2.36. The maximum absolute atomic E-state index is 11.9. The van der Waals surface area contributed by atoms with Crippen molar-refractivity contribution in [3.8, 4) is 12.3 Å². The summed E-state index contributed by atoms with van der Waals surface area (Å²) in [6.45, 7) is 1.75. The van der Waals surface area contributed by atoms with Crippen molar-refractivity contribution in [2.24, 2.45) is 5.11 Å². The van der Waals surface area contributed by atoms with E-state index in [0.29, 0.717) is 12.0 Å². The first-order valence-electron chi connectivity index (χ1n) is 6.60. The zero-order chi connectivity index (χ0) is 16.1. The maximum atomic E-state index is 11.9. The molecule has 1 N–H and O–H groups in total. The number of hydrogen-bond acceptors (Lipinski definition) is 5. The van der Waals surface area contributed by atoms with E-state index in [1.54, 1.807) is 6.92 Å². The number of rotatable bonds is 5. The SMILES string of the molecule is C#CCO[C@H]1C[C@H](n2cc(C)c(=O)[nH]c2=O)O[C@@H]1CN=[N+]=[N-]. The average molecular weight is 305 g/mol. The molecule has 0 aliphatic carbocycles. The molecule has 0 amide bonds. The number of nitrogens with one attached hydrogen (secondary N) is 1. The molecule has 1 aliphatic heterocycles. The maximum Gasteiger partial charge on any atom is 0.330 e. The van der Waals surface area contributed by atoms with Crippen LogP contribution in [0.2, 0.25) is 0 Å². The molecule has 3 atom stereocenters. The van der Waals surface area contributed by atoms with E-state index in [-0.39, 0.29) is 13.2 Å². The molecular formula is C13H15N5O4. The predicted molar refractivity (Wildman–Crippen MR) is 77.2 cm³/mol. The van der Waals surface area contributed by atoms with Crippen molar-refractivity contribution in [1.29, 1.82) is 0 Å². The molecule has 22 heavy (non-hydrogen) atoms. The van der Waals surface area contributed by atoms with E-state index in [0.717, 1.165) is 0 Å². The molecule has 0 aromatic carbocycles. The molecule has 1 saturated heterocycles. The van der Waals surface area contributed by atoms with Crippen LogP contribution in [-0.4, -0.2) is 34.9 Å². The van der Waals surface area contributed by atoms with Gasteiger partial charge in [-0.2, -0.15) is 0 Å². The van der Waals surface area contributed by atoms with Gasteiger partial charge in [0.05, 0.1) is 18.8 Å². The number of H-pyrrole nitrogens is 1. The molecule has 0 unspecified atom stereocenters. The highest BCUT2D eigenvalue weighted by molar-refractivity contribution is 5.02. The van der Waals surface area contributed by atoms with Crippen molar-refractivity contribution < 1.29 is 9.47 Å². The Hall–Kier alpha value is -2.53. The molecule has 116 valence electrons. The zero-order valence-corrected chi connectivity index (χ0v) is 11.9. The average Bonchev–Trinajstić information content (AvgIpc) is 2.89. The number of ether oxygens (including phenoxy) is 2. The summed E-state index contributed by atoms with van der Waals surface area (Å²) in [5, 5.41) is 3.47. The van der Waals surface area contributed by atoms with Crippen molar-refractivity contribution in [2.45, 2.75) is 31.8 Å². The van der Waals surface area contributed by atoms with Crippen LogP contribution in [0.3, 0.4) is 0 Å². The zero-order valence-electron chi connectivity index (χ0n) is 11.9. The second kappa shape index (κ2) is 6.95. The van der Waals surface area contributed by atoms with Crippen LogP contribution in [0.1, 0.15) is 18.2 Å². The minimum absolute atomic E-state index is 0.0688. The normalized spacial score (nSPS) is 23.7. The summed E-state index contributed by atoms with van der Waals surface area (Å²) >= 11 is 0. The second-order valence-corrected chi connectivity index (χ2v) is 4.81. The molecular weight excluding hydrogens is 290 g/mol. The third-order valence-electron chi connectivity index (χ3n) is 3.34. The van der Waals surface area contributed by atoms with Gasteiger partial charge in [0.2, 0.25) is 0 Å². The van der Waals surface area contributed by atoms with Gasteiger partial charge >= 0.3 is 5.69 Å². The lowest BCUT2D eigenvalue weighted by Crippen LogP contribution is -2.33. The van der Waals surface area contributed by atoms with E-state index in [4.69, 9.17) is 21.4 Å². The minimum atomic E-state index is -0.621. The number of aromatic nitrogens is 2. The lowest BCUT2D eigenvalue weighted by molar-refractivity contribution is -0.0283. The molecule has 9 nitrogen and oxygen atoms in total. The number of hydrogen-bond donors (Lipinski definition) is 1. The molecule has 1 aromatic heterocycles. The molecule has 0 radical (unpaired) electrons. The minimum Gasteiger partial charge on any atom is -0.363 e. The van der Waals surface area contributed by atoms with E-state index >= 15 is 0 Å². The Kier molecular flexibility index (Phi) is 5.01. The van der Waals surface area contributed by atoms with Gasteiger partial charge < -0.3 is 9.47 Å². The molecule has 0 bridgehead atoms. The lowest BCUT2D eigenvalue weighted by Gasteiger charge is -2.15. The number of nitrogens with zero attached hydrogens (tertiary/aromatic N) is 4. The van der Waals surface area contributed by atoms with Crippen LogP contribution in [-0.2, 0) is 9.47 Å². The van der Waals surface area contributed by atoms with E-state index in [2.05, 4.69) is 20.9 Å². The largest absolute Gasteiger partial charge is 0.363 e. The van der Waals surface area contributed by atoms with Crippen molar-refractivity contribution in [3.05, 3.63) is 43.0 Å². The Labute approximate surface area is 125 Å². The second-order valence-electron chi connectivity index (χ2n) is 4.81. The van der Waals surface area contributed by atoms with Crippen molar-refractivity contribution in [1.82, 2.24) is 9.55 Å². The highest BCUT2D eigenvalue weighted by Gasteiger charge is 2.37. The smallest absolute Gasteiger partial charge is 0.330 e. The Morgan fingerprint density at radius 1 is 1.68 bits per heavy atom. The van der Waals surface area contributed by atoms with Gasteiger partial charge in [0, 0.05) is 23.1 Å². The number of aryl methyl sites for hydroxylation is 1. The summed E-state index contributed by atoms with van der Waals surface area (Å²) in [6.07, 6.45) is 5.43. The quantitative estimate of drug-likeness (QED) is 0.367. The van der Waals surface area contributed by atoms with Crippen molar-refractivity contribution in [2.75, 3.05) is 13.2 Å². The van der Waals surface area contributed by atoms with Gasteiger partial charge in [-0.1, -0.05) is 11.0 Å². The Balaban J connectivity index is 2.24. The summed E-state index contributed by atoms with van der Waals surface area (Å²) in [4.78, 5) is 28.2. The first kappa shape index (κ1) is 15.9. The van der Waals surface area contributed by atoms with Crippen LogP contribution < -0.4 is 11.2 Å². The van der Waals surface area contributed by atoms with Crippen LogP contribution in [0.5, 0.6) is 0 Å². The highest BCUT2D eigenvalue weighted by atomic mass is 16.6. The molecule has 1 aromatic rings. The Morgan fingerprint density at radius 2 is 2.45 bits per heavy atom. The topological polar surface area (TPSA) is 122 Å². The molecule has 2 rings (SSSR count). The Morgan fingerprint density at radius 3 is 3.14 bits per heavy atom. The van der Waals surface area contributed by atoms with E-state index in [9.17, 15) is 9.59 Å². The van der Waals surface area contributed by atoms with Gasteiger partial charge in [-0.15, -0.1) is 6.42 Å². The van der Waals surface area contributed by atoms with Gasteiger partial charge in [-0.25, -0.2) is 4.79 Å². The van der Waals surface area contributed by atoms with Gasteiger partial charge in [0.1, 0.15) is 12.8 Å². The van der Waals surface area contributed by atoms with E-state index < -0.39 is 29.7 Å². The van der Waals surface area contributed by atoms with Crippen molar-refractivity contribution >= 4 is 0 Å². The fourth-order valence-electron chi connectivity index (χ4n) is 2.28. The van der Waals surface area contributed by atoms with Crippen LogP contribution in [0.15, 0.2) is 20.9 Å². The number of aromatic amines is 1. The molecule has 1 aliphatic rings. The summed E-state index contributed by atoms with van der Waals surface area (Å²) in [5.41, 5.74) is 7.80. The van der Waals surface area contributed by atoms with Gasteiger partial charge in [-0.3, -0.25) is 14.3 Å². The molecule has 1 fully saturated rings. The lowest BCUT2D eigenvalue weighted by atomic mass is 10.2. The fourth-order valence-corrected chi connectivity index (χ4v) is 2.28. The molecule has 0 spiro atoms. The van der Waals surface area contributed by atoms with Crippen LogP contribution in [0.4, 0.5) is 0 Å². The van der Waals surface area contributed by atoms with Crippen LogP contribution in [0, 0.1) is 19.3 Å². The molecule has 0 saturated carbocycles. The van der Waals surface area contributed by atoms with E-state index in [1.807, 2.05) is 0 Å². The number of azide groups is 1. The summed E-state index contributed by atoms with van der Waals surface area (Å²) in [7, 11) is 0. The van der Waals surface area contributed by atoms with Crippen molar-refractivity contribution in [3.63, 3.8) is 0 Å². The summed E-state index contributed by atoms with van der Waals surface area (Å²) < 4.78 is 12.5. The third-order valence-corrected chi connectivity index (χ3v) is 3.34. The van der Waals surface area contributed by atoms with Gasteiger partial charge in [0.25, 0.3) is 5.56 Å².